The Morgan fingerprint density at radius 3 is 2.32 bits per heavy atom. The van der Waals surface area contributed by atoms with Gasteiger partial charge in [0.2, 0.25) is 0 Å². The van der Waals surface area contributed by atoms with Crippen molar-refractivity contribution in [2.75, 3.05) is 13.7 Å². The van der Waals surface area contributed by atoms with E-state index in [0.29, 0.717) is 6.61 Å². The van der Waals surface area contributed by atoms with Gasteiger partial charge in [0.15, 0.2) is 8.32 Å². The average molecular weight is 321 g/mol. The van der Waals surface area contributed by atoms with Gasteiger partial charge in [0, 0.05) is 18.6 Å². The highest BCUT2D eigenvalue weighted by molar-refractivity contribution is 6.74. The normalized spacial score (nSPS) is 14.1. The fourth-order valence-electron chi connectivity index (χ4n) is 1.74. The molecule has 0 fully saturated rings. The first-order valence-electron chi connectivity index (χ1n) is 7.62. The molecule has 0 radical (unpaired) electrons. The zero-order chi connectivity index (χ0) is 16.8. The van der Waals surface area contributed by atoms with E-state index in [4.69, 9.17) is 4.43 Å². The van der Waals surface area contributed by atoms with Gasteiger partial charge in [-0.15, -0.1) is 0 Å². The summed E-state index contributed by atoms with van der Waals surface area (Å²) in [5.41, 5.74) is 1.14. The number of benzene rings is 1. The van der Waals surface area contributed by atoms with Crippen molar-refractivity contribution >= 4 is 14.3 Å². The van der Waals surface area contributed by atoms with E-state index in [0.717, 1.165) is 5.56 Å². The van der Waals surface area contributed by atoms with Crippen LogP contribution in [0.5, 0.6) is 0 Å². The molecule has 0 spiro atoms. The lowest BCUT2D eigenvalue weighted by atomic mass is 10.00. The lowest BCUT2D eigenvalue weighted by Crippen LogP contribution is -2.41. The van der Waals surface area contributed by atoms with Crippen molar-refractivity contribution in [1.82, 2.24) is 0 Å². The zero-order valence-corrected chi connectivity index (χ0v) is 15.6. The maximum atomic E-state index is 11.4. The van der Waals surface area contributed by atoms with Crippen LogP contribution in [0.1, 0.15) is 32.3 Å². The number of hydrogen-bond acceptors (Lipinski definition) is 3. The van der Waals surface area contributed by atoms with Crippen LogP contribution in [0.3, 0.4) is 0 Å². The van der Waals surface area contributed by atoms with E-state index in [1.54, 1.807) is 0 Å². The molecule has 3 nitrogen and oxygen atoms in total. The van der Waals surface area contributed by atoms with Crippen LogP contribution in [-0.4, -0.2) is 28.0 Å². The molecule has 0 aliphatic heterocycles. The van der Waals surface area contributed by atoms with Gasteiger partial charge in [0.05, 0.1) is 7.11 Å². The van der Waals surface area contributed by atoms with Crippen LogP contribution in [0.25, 0.3) is 0 Å². The van der Waals surface area contributed by atoms with Crippen LogP contribution < -0.4 is 0 Å². The summed E-state index contributed by atoms with van der Waals surface area (Å²) in [4.78, 5) is 11.4. The molecular weight excluding hydrogens is 292 g/mol. The van der Waals surface area contributed by atoms with Crippen LogP contribution in [-0.2, 0) is 14.0 Å². The van der Waals surface area contributed by atoms with E-state index >= 15 is 0 Å². The average Bonchev–Trinajstić information content (AvgIpc) is 2.46. The van der Waals surface area contributed by atoms with E-state index < -0.39 is 8.32 Å². The third kappa shape index (κ3) is 5.43. The standard InChI is InChI=1S/C18H28O3Si/c1-18(2,3)22(5,6)21-14-16(12-13-17(19)20-4)15-10-8-7-9-11-15/h7-13,16H,14H2,1-6H3/b13-12+. The van der Waals surface area contributed by atoms with Crippen LogP contribution >= 0.6 is 0 Å². The summed E-state index contributed by atoms with van der Waals surface area (Å²) in [5.74, 6) is -0.289. The summed E-state index contributed by atoms with van der Waals surface area (Å²) in [7, 11) is -0.430. The summed E-state index contributed by atoms with van der Waals surface area (Å²) in [5, 5.41) is 0.167. The minimum Gasteiger partial charge on any atom is -0.466 e. The second-order valence-corrected chi connectivity index (χ2v) is 11.8. The van der Waals surface area contributed by atoms with Gasteiger partial charge in [0.1, 0.15) is 0 Å². The molecule has 0 N–H and O–H groups in total. The highest BCUT2D eigenvalue weighted by atomic mass is 28.4. The number of esters is 1. The Morgan fingerprint density at radius 1 is 1.23 bits per heavy atom. The van der Waals surface area contributed by atoms with E-state index in [1.807, 2.05) is 24.3 Å². The van der Waals surface area contributed by atoms with Crippen LogP contribution in [0, 0.1) is 0 Å². The first kappa shape index (κ1) is 18.7. The van der Waals surface area contributed by atoms with Crippen molar-refractivity contribution in [3.8, 4) is 0 Å². The summed E-state index contributed by atoms with van der Waals surface area (Å²) >= 11 is 0. The van der Waals surface area contributed by atoms with Crippen molar-refractivity contribution in [3.05, 3.63) is 48.0 Å². The first-order chi connectivity index (χ1) is 10.2. The predicted molar refractivity (Wildman–Crippen MR) is 93.5 cm³/mol. The second kappa shape index (κ2) is 7.74. The number of hydrogen-bond donors (Lipinski definition) is 0. The predicted octanol–water partition coefficient (Wildman–Crippen LogP) is 4.52. The molecule has 0 saturated heterocycles. The SMILES string of the molecule is COC(=O)/C=C/C(CO[Si](C)(C)C(C)(C)C)c1ccccc1. The van der Waals surface area contributed by atoms with Crippen molar-refractivity contribution in [1.29, 1.82) is 0 Å². The number of ether oxygens (including phenoxy) is 1. The lowest BCUT2D eigenvalue weighted by molar-refractivity contribution is -0.134. The largest absolute Gasteiger partial charge is 0.466 e. The summed E-state index contributed by atoms with van der Waals surface area (Å²) in [6.07, 6.45) is 3.35. The lowest BCUT2D eigenvalue weighted by Gasteiger charge is -2.37. The molecule has 1 aromatic carbocycles. The maximum absolute atomic E-state index is 11.4. The molecule has 1 aromatic rings. The molecule has 22 heavy (non-hydrogen) atoms. The number of carbonyl (C=O) groups is 1. The van der Waals surface area contributed by atoms with Gasteiger partial charge in [0.25, 0.3) is 0 Å². The topological polar surface area (TPSA) is 35.5 Å². The Hall–Kier alpha value is -1.39. The van der Waals surface area contributed by atoms with Crippen LogP contribution in [0.2, 0.25) is 18.1 Å². The molecule has 1 rings (SSSR count). The Labute approximate surface area is 135 Å². The fourth-order valence-corrected chi connectivity index (χ4v) is 2.77. The Kier molecular flexibility index (Phi) is 6.57. The number of carbonyl (C=O) groups excluding carboxylic acids is 1. The number of methoxy groups -OCH3 is 1. The van der Waals surface area contributed by atoms with E-state index in [1.165, 1.54) is 13.2 Å². The van der Waals surface area contributed by atoms with Gasteiger partial charge in [-0.3, -0.25) is 0 Å². The summed E-state index contributed by atoms with van der Waals surface area (Å²) < 4.78 is 11.0. The van der Waals surface area contributed by atoms with Gasteiger partial charge in [-0.2, -0.15) is 0 Å². The second-order valence-electron chi connectivity index (χ2n) is 6.97. The fraction of sp³-hybridized carbons (Fsp3) is 0.500. The monoisotopic (exact) mass is 320 g/mol. The van der Waals surface area contributed by atoms with Crippen LogP contribution in [0.15, 0.2) is 42.5 Å². The van der Waals surface area contributed by atoms with Gasteiger partial charge in [-0.25, -0.2) is 4.79 Å². The van der Waals surface area contributed by atoms with Gasteiger partial charge in [-0.05, 0) is 23.7 Å². The molecule has 0 saturated carbocycles. The molecule has 1 unspecified atom stereocenters. The van der Waals surface area contributed by atoms with Crippen molar-refractivity contribution in [3.63, 3.8) is 0 Å². The zero-order valence-electron chi connectivity index (χ0n) is 14.6. The minimum absolute atomic E-state index is 0.0504. The molecular formula is C18H28O3Si. The molecule has 1 atom stereocenters. The van der Waals surface area contributed by atoms with Crippen LogP contribution in [0.4, 0.5) is 0 Å². The Balaban J connectivity index is 2.88. The molecule has 0 amide bonds. The van der Waals surface area contributed by atoms with E-state index in [2.05, 4.69) is 50.7 Å². The molecule has 0 aliphatic carbocycles. The Morgan fingerprint density at radius 2 is 1.82 bits per heavy atom. The quantitative estimate of drug-likeness (QED) is 0.439. The smallest absolute Gasteiger partial charge is 0.330 e. The maximum Gasteiger partial charge on any atom is 0.330 e. The highest BCUT2D eigenvalue weighted by Crippen LogP contribution is 2.37. The molecule has 0 aliphatic rings. The van der Waals surface area contributed by atoms with E-state index in [9.17, 15) is 4.79 Å². The highest BCUT2D eigenvalue weighted by Gasteiger charge is 2.37. The third-order valence-corrected chi connectivity index (χ3v) is 8.82. The summed E-state index contributed by atoms with van der Waals surface area (Å²) in [6.45, 7) is 11.7. The molecule has 0 bridgehead atoms. The number of rotatable bonds is 6. The van der Waals surface area contributed by atoms with Gasteiger partial charge >= 0.3 is 5.97 Å². The Bertz CT molecular complexity index is 501. The van der Waals surface area contributed by atoms with Gasteiger partial charge in [-0.1, -0.05) is 57.2 Å². The first-order valence-corrected chi connectivity index (χ1v) is 10.5. The molecule has 0 heterocycles. The minimum atomic E-state index is -1.82. The van der Waals surface area contributed by atoms with Crippen molar-refractivity contribution in [2.45, 2.75) is 44.8 Å². The van der Waals surface area contributed by atoms with Crippen molar-refractivity contribution < 1.29 is 14.0 Å². The molecule has 0 aromatic heterocycles. The molecule has 122 valence electrons. The summed E-state index contributed by atoms with van der Waals surface area (Å²) in [6, 6.07) is 10.1. The molecule has 4 heteroatoms. The third-order valence-electron chi connectivity index (χ3n) is 4.32. The van der Waals surface area contributed by atoms with Gasteiger partial charge < -0.3 is 9.16 Å². The van der Waals surface area contributed by atoms with Crippen molar-refractivity contribution in [2.24, 2.45) is 0 Å². The van der Waals surface area contributed by atoms with E-state index in [-0.39, 0.29) is 16.9 Å².